The van der Waals surface area contributed by atoms with Crippen LogP contribution in [0.15, 0.2) is 18.2 Å². The van der Waals surface area contributed by atoms with Gasteiger partial charge in [-0.15, -0.1) is 0 Å². The maximum absolute atomic E-state index is 12.4. The molecule has 0 bridgehead atoms. The van der Waals surface area contributed by atoms with Gasteiger partial charge >= 0.3 is 18.2 Å². The summed E-state index contributed by atoms with van der Waals surface area (Å²) >= 11 is 7.56. The van der Waals surface area contributed by atoms with E-state index in [-0.39, 0.29) is 10.6 Å². The van der Waals surface area contributed by atoms with Crippen LogP contribution in [0.3, 0.4) is 0 Å². The molecule has 1 aromatic carbocycles. The van der Waals surface area contributed by atoms with Gasteiger partial charge in [0.1, 0.15) is 13.1 Å². The lowest BCUT2D eigenvalue weighted by atomic mass is 10.3. The molecule has 1 aromatic rings. The monoisotopic (exact) mass is 436 g/mol. The van der Waals surface area contributed by atoms with Crippen LogP contribution < -0.4 is 5.32 Å². The zero-order valence-electron chi connectivity index (χ0n) is 10.2. The van der Waals surface area contributed by atoms with Gasteiger partial charge in [-0.2, -0.15) is 13.2 Å². The molecule has 0 aliphatic heterocycles. The van der Waals surface area contributed by atoms with Crippen molar-refractivity contribution >= 4 is 51.9 Å². The molecule has 0 radical (unpaired) electrons. The normalized spacial score (nSPS) is 11.1. The van der Waals surface area contributed by atoms with Gasteiger partial charge in [-0.25, -0.2) is 4.79 Å². The van der Waals surface area contributed by atoms with Crippen LogP contribution in [-0.2, 0) is 4.79 Å². The highest BCUT2D eigenvalue weighted by molar-refractivity contribution is 14.1. The van der Waals surface area contributed by atoms with Crippen molar-refractivity contribution < 1.29 is 27.9 Å². The summed E-state index contributed by atoms with van der Waals surface area (Å²) in [5, 5.41) is 11.2. The first-order valence-corrected chi connectivity index (χ1v) is 6.83. The molecule has 0 saturated carbocycles. The molecule has 0 atom stereocenters. The van der Waals surface area contributed by atoms with Gasteiger partial charge in [-0.3, -0.25) is 4.79 Å². The number of benzene rings is 1. The Hall–Kier alpha value is -1.23. The Kier molecular flexibility index (Phi) is 6.08. The second-order valence-corrected chi connectivity index (χ2v) is 5.52. The first-order valence-electron chi connectivity index (χ1n) is 5.38. The van der Waals surface area contributed by atoms with Gasteiger partial charge in [-0.05, 0) is 40.8 Å². The van der Waals surface area contributed by atoms with Gasteiger partial charge in [0.15, 0.2) is 0 Å². The Labute approximate surface area is 136 Å². The van der Waals surface area contributed by atoms with E-state index < -0.39 is 31.3 Å². The number of carbonyl (C=O) groups excluding carboxylic acids is 1. The highest BCUT2D eigenvalue weighted by Crippen LogP contribution is 2.23. The SMILES string of the molecule is O=C(O)CN(CC(F)(F)F)C(=O)Nc1ccc(Cl)cc1I. The number of amides is 2. The standard InChI is InChI=1S/C11H9ClF3IN2O3/c12-6-1-2-8(7(16)3-6)17-10(21)18(4-9(19)20)5-11(13,14)15/h1-3H,4-5H2,(H,17,21)(H,19,20). The van der Waals surface area contributed by atoms with Crippen LogP contribution in [0.5, 0.6) is 0 Å². The van der Waals surface area contributed by atoms with E-state index in [0.717, 1.165) is 0 Å². The number of urea groups is 1. The lowest BCUT2D eigenvalue weighted by molar-refractivity contribution is -0.148. The Morgan fingerprint density at radius 3 is 2.48 bits per heavy atom. The number of nitrogens with one attached hydrogen (secondary N) is 1. The molecular formula is C11H9ClF3IN2O3. The van der Waals surface area contributed by atoms with Crippen molar-refractivity contribution in [2.24, 2.45) is 0 Å². The summed E-state index contributed by atoms with van der Waals surface area (Å²) in [6, 6.07) is 3.21. The number of carboxylic acids is 1. The molecule has 0 aliphatic rings. The third kappa shape index (κ3) is 6.38. The zero-order valence-corrected chi connectivity index (χ0v) is 13.2. The van der Waals surface area contributed by atoms with Gasteiger partial charge in [0.05, 0.1) is 5.69 Å². The molecule has 1 rings (SSSR count). The summed E-state index contributed by atoms with van der Waals surface area (Å²) in [7, 11) is 0. The first kappa shape index (κ1) is 17.8. The Bertz CT molecular complexity index is 554. The first-order chi connectivity index (χ1) is 9.58. The van der Waals surface area contributed by atoms with Crippen molar-refractivity contribution in [1.82, 2.24) is 4.90 Å². The van der Waals surface area contributed by atoms with Crippen LogP contribution in [0.2, 0.25) is 5.02 Å². The molecule has 10 heteroatoms. The largest absolute Gasteiger partial charge is 0.480 e. The lowest BCUT2D eigenvalue weighted by Gasteiger charge is -2.22. The van der Waals surface area contributed by atoms with E-state index in [0.29, 0.717) is 8.59 Å². The molecule has 0 spiro atoms. The third-order valence-electron chi connectivity index (χ3n) is 2.16. The van der Waals surface area contributed by atoms with Gasteiger partial charge in [0.25, 0.3) is 0 Å². The number of rotatable bonds is 4. The smallest absolute Gasteiger partial charge is 0.406 e. The zero-order chi connectivity index (χ0) is 16.2. The van der Waals surface area contributed by atoms with Crippen LogP contribution >= 0.6 is 34.2 Å². The van der Waals surface area contributed by atoms with E-state index in [1.165, 1.54) is 18.2 Å². The van der Waals surface area contributed by atoms with Crippen molar-refractivity contribution in [1.29, 1.82) is 0 Å². The van der Waals surface area contributed by atoms with E-state index in [1.54, 1.807) is 0 Å². The fraction of sp³-hybridized carbons (Fsp3) is 0.273. The van der Waals surface area contributed by atoms with E-state index in [4.69, 9.17) is 16.7 Å². The van der Waals surface area contributed by atoms with Crippen LogP contribution in [0, 0.1) is 3.57 Å². The van der Waals surface area contributed by atoms with Gasteiger partial charge in [-0.1, -0.05) is 11.6 Å². The van der Waals surface area contributed by atoms with Gasteiger partial charge in [0.2, 0.25) is 0 Å². The van der Waals surface area contributed by atoms with E-state index in [9.17, 15) is 22.8 Å². The molecule has 0 saturated heterocycles. The minimum absolute atomic E-state index is 0.160. The lowest BCUT2D eigenvalue weighted by Crippen LogP contribution is -2.44. The van der Waals surface area contributed by atoms with Crippen LogP contribution in [0.25, 0.3) is 0 Å². The third-order valence-corrected chi connectivity index (χ3v) is 3.28. The molecule has 2 N–H and O–H groups in total. The number of anilines is 1. The van der Waals surface area contributed by atoms with Crippen LogP contribution in [-0.4, -0.2) is 41.3 Å². The molecule has 0 unspecified atom stereocenters. The maximum atomic E-state index is 12.4. The predicted molar refractivity (Wildman–Crippen MR) is 78.5 cm³/mol. The predicted octanol–water partition coefficient (Wildman–Crippen LogP) is 3.43. The number of aliphatic carboxylic acids is 1. The summed E-state index contributed by atoms with van der Waals surface area (Å²) in [4.78, 5) is 22.5. The highest BCUT2D eigenvalue weighted by atomic mass is 127. The molecule has 2 amide bonds. The second-order valence-electron chi connectivity index (χ2n) is 3.92. The van der Waals surface area contributed by atoms with Crippen LogP contribution in [0.4, 0.5) is 23.7 Å². The molecule has 0 heterocycles. The molecule has 116 valence electrons. The topological polar surface area (TPSA) is 69.6 Å². The van der Waals surface area contributed by atoms with Crippen molar-refractivity contribution in [3.05, 3.63) is 26.8 Å². The summed E-state index contributed by atoms with van der Waals surface area (Å²) in [5.74, 6) is -1.54. The maximum Gasteiger partial charge on any atom is 0.406 e. The molecule has 0 fully saturated rings. The molecule has 0 aromatic heterocycles. The Morgan fingerprint density at radius 1 is 1.38 bits per heavy atom. The Balaban J connectivity index is 2.87. The molecule has 21 heavy (non-hydrogen) atoms. The number of hydrogen-bond donors (Lipinski definition) is 2. The molecule has 5 nitrogen and oxygen atoms in total. The number of alkyl halides is 3. The van der Waals surface area contributed by atoms with Crippen molar-refractivity contribution in [3.63, 3.8) is 0 Å². The number of carboxylic acid groups (broad SMARTS) is 1. The van der Waals surface area contributed by atoms with E-state index >= 15 is 0 Å². The number of hydrogen-bond acceptors (Lipinski definition) is 2. The fourth-order valence-corrected chi connectivity index (χ4v) is 2.37. The van der Waals surface area contributed by atoms with Crippen LogP contribution in [0.1, 0.15) is 0 Å². The van der Waals surface area contributed by atoms with Gasteiger partial charge < -0.3 is 15.3 Å². The summed E-state index contributed by atoms with van der Waals surface area (Å²) in [5.41, 5.74) is 0.238. The average molecular weight is 437 g/mol. The Morgan fingerprint density at radius 2 is 2.00 bits per heavy atom. The second kappa shape index (κ2) is 7.16. The van der Waals surface area contributed by atoms with E-state index in [1.807, 2.05) is 22.6 Å². The number of nitrogens with zero attached hydrogens (tertiary/aromatic N) is 1. The quantitative estimate of drug-likeness (QED) is 0.711. The van der Waals surface area contributed by atoms with Crippen molar-refractivity contribution in [3.8, 4) is 0 Å². The average Bonchev–Trinajstić information content (AvgIpc) is 2.29. The van der Waals surface area contributed by atoms with Crippen molar-refractivity contribution in [2.75, 3.05) is 18.4 Å². The number of halogens is 5. The summed E-state index contributed by atoms with van der Waals surface area (Å²) in [6.45, 7) is -2.72. The van der Waals surface area contributed by atoms with E-state index in [2.05, 4.69) is 5.32 Å². The number of carbonyl (C=O) groups is 2. The minimum Gasteiger partial charge on any atom is -0.480 e. The highest BCUT2D eigenvalue weighted by Gasteiger charge is 2.34. The molecular weight excluding hydrogens is 427 g/mol. The van der Waals surface area contributed by atoms with Gasteiger partial charge in [0, 0.05) is 8.59 Å². The van der Waals surface area contributed by atoms with Crippen molar-refractivity contribution in [2.45, 2.75) is 6.18 Å². The molecule has 0 aliphatic carbocycles. The summed E-state index contributed by atoms with van der Waals surface area (Å²) in [6.07, 6.45) is -4.69. The minimum atomic E-state index is -4.69. The fourth-order valence-electron chi connectivity index (χ4n) is 1.36. The summed E-state index contributed by atoms with van der Waals surface area (Å²) < 4.78 is 37.6.